The van der Waals surface area contributed by atoms with E-state index in [1.807, 2.05) is 24.3 Å². The number of aliphatic hydroxyl groups excluding tert-OH is 1. The number of hydrogen-bond donors (Lipinski definition) is 1. The maximum absolute atomic E-state index is 12.2. The molecule has 6 heteroatoms. The summed E-state index contributed by atoms with van der Waals surface area (Å²) in [5, 5.41) is 8.91. The fraction of sp³-hybridized carbons (Fsp3) is 0.182. The summed E-state index contributed by atoms with van der Waals surface area (Å²) in [6, 6.07) is 14.0. The summed E-state index contributed by atoms with van der Waals surface area (Å²) < 4.78 is 24.5. The fourth-order valence-electron chi connectivity index (χ4n) is 2.56. The molecule has 0 saturated carbocycles. The Balaban J connectivity index is 1.90. The Morgan fingerprint density at radius 1 is 1.00 bits per heavy atom. The standard InChI is InChI=1S/C22H20N2O3S/c1-16(2)28(26,27)21-11-8-18(9-12-21)22-14-23-13-20(24-22)10-7-17-5-3-4-6-19(17)15-25/h3-6,8-9,11-14,16,25H,15H2,1-2H3. The van der Waals surface area contributed by atoms with Gasteiger partial charge in [-0.3, -0.25) is 4.98 Å². The van der Waals surface area contributed by atoms with Crippen LogP contribution in [0.3, 0.4) is 0 Å². The van der Waals surface area contributed by atoms with E-state index in [-0.39, 0.29) is 11.5 Å². The molecule has 0 unspecified atom stereocenters. The summed E-state index contributed by atoms with van der Waals surface area (Å²) in [5.41, 5.74) is 3.34. The maximum atomic E-state index is 12.2. The molecule has 3 aromatic rings. The number of aliphatic hydroxyl groups is 1. The van der Waals surface area contributed by atoms with Crippen molar-refractivity contribution in [2.75, 3.05) is 0 Å². The summed E-state index contributed by atoms with van der Waals surface area (Å²) >= 11 is 0. The zero-order valence-corrected chi connectivity index (χ0v) is 16.4. The largest absolute Gasteiger partial charge is 0.392 e. The summed E-state index contributed by atoms with van der Waals surface area (Å²) in [6.45, 7) is 3.24. The van der Waals surface area contributed by atoms with Gasteiger partial charge in [0.15, 0.2) is 9.84 Å². The molecule has 28 heavy (non-hydrogen) atoms. The van der Waals surface area contributed by atoms with Crippen LogP contribution >= 0.6 is 0 Å². The number of sulfone groups is 1. The van der Waals surface area contributed by atoms with Crippen molar-refractivity contribution in [1.29, 1.82) is 0 Å². The number of hydrogen-bond acceptors (Lipinski definition) is 5. The number of aromatic nitrogens is 2. The zero-order valence-electron chi connectivity index (χ0n) is 15.6. The van der Waals surface area contributed by atoms with Gasteiger partial charge in [-0.15, -0.1) is 0 Å². The van der Waals surface area contributed by atoms with Gasteiger partial charge in [0.1, 0.15) is 5.69 Å². The lowest BCUT2D eigenvalue weighted by Crippen LogP contribution is -2.13. The Bertz CT molecular complexity index is 1140. The third-order valence-corrected chi connectivity index (χ3v) is 6.42. The van der Waals surface area contributed by atoms with E-state index < -0.39 is 15.1 Å². The van der Waals surface area contributed by atoms with Gasteiger partial charge in [-0.05, 0) is 43.5 Å². The molecule has 0 saturated heterocycles. The van der Waals surface area contributed by atoms with Crippen LogP contribution in [-0.4, -0.2) is 28.7 Å². The highest BCUT2D eigenvalue weighted by molar-refractivity contribution is 7.92. The van der Waals surface area contributed by atoms with Gasteiger partial charge in [-0.2, -0.15) is 0 Å². The summed E-state index contributed by atoms with van der Waals surface area (Å²) in [4.78, 5) is 8.96. The van der Waals surface area contributed by atoms with Gasteiger partial charge >= 0.3 is 0 Å². The first-order chi connectivity index (χ1) is 13.4. The fourth-order valence-corrected chi connectivity index (χ4v) is 3.62. The molecule has 0 bridgehead atoms. The lowest BCUT2D eigenvalue weighted by Gasteiger charge is -2.08. The average molecular weight is 392 g/mol. The Kier molecular flexibility index (Phi) is 5.88. The predicted octanol–water partition coefficient (Wildman–Crippen LogP) is 3.22. The Hall–Kier alpha value is -3.01. The lowest BCUT2D eigenvalue weighted by molar-refractivity contribution is 0.281. The molecule has 0 spiro atoms. The molecule has 1 N–H and O–H groups in total. The van der Waals surface area contributed by atoms with Crippen molar-refractivity contribution in [1.82, 2.24) is 9.97 Å². The van der Waals surface area contributed by atoms with Crippen molar-refractivity contribution in [3.8, 4) is 23.1 Å². The minimum atomic E-state index is -3.31. The van der Waals surface area contributed by atoms with Crippen LogP contribution in [0.5, 0.6) is 0 Å². The Morgan fingerprint density at radius 3 is 2.39 bits per heavy atom. The second-order valence-corrected chi connectivity index (χ2v) is 8.98. The highest BCUT2D eigenvalue weighted by atomic mass is 32.2. The molecule has 0 atom stereocenters. The van der Waals surface area contributed by atoms with Gasteiger partial charge in [0.2, 0.25) is 0 Å². The van der Waals surface area contributed by atoms with E-state index in [1.165, 1.54) is 0 Å². The van der Waals surface area contributed by atoms with Crippen molar-refractivity contribution in [3.63, 3.8) is 0 Å². The van der Waals surface area contributed by atoms with Crippen molar-refractivity contribution in [2.24, 2.45) is 0 Å². The van der Waals surface area contributed by atoms with Crippen molar-refractivity contribution in [2.45, 2.75) is 30.6 Å². The van der Waals surface area contributed by atoms with Gasteiger partial charge in [0, 0.05) is 11.1 Å². The summed E-state index contributed by atoms with van der Waals surface area (Å²) in [7, 11) is -3.31. The second-order valence-electron chi connectivity index (χ2n) is 6.47. The second kappa shape index (κ2) is 8.34. The molecule has 0 amide bonds. The number of rotatable bonds is 4. The van der Waals surface area contributed by atoms with Crippen LogP contribution in [-0.2, 0) is 16.4 Å². The first kappa shape index (κ1) is 19.7. The van der Waals surface area contributed by atoms with Crippen LogP contribution in [0, 0.1) is 11.8 Å². The van der Waals surface area contributed by atoms with E-state index in [4.69, 9.17) is 0 Å². The van der Waals surface area contributed by atoms with Crippen molar-refractivity contribution in [3.05, 3.63) is 77.7 Å². The molecule has 2 aromatic carbocycles. The van der Waals surface area contributed by atoms with E-state index in [0.29, 0.717) is 11.4 Å². The molecule has 1 aromatic heterocycles. The van der Waals surface area contributed by atoms with Crippen molar-refractivity contribution < 1.29 is 13.5 Å². The molecule has 0 aliphatic heterocycles. The molecular formula is C22H20N2O3S. The molecule has 142 valence electrons. The summed E-state index contributed by atoms with van der Waals surface area (Å²) in [5.74, 6) is 5.97. The highest BCUT2D eigenvalue weighted by Gasteiger charge is 2.18. The monoisotopic (exact) mass is 392 g/mol. The van der Waals surface area contributed by atoms with Gasteiger partial charge in [-0.1, -0.05) is 36.3 Å². The van der Waals surface area contributed by atoms with Crippen LogP contribution in [0.4, 0.5) is 0 Å². The topological polar surface area (TPSA) is 80.2 Å². The van der Waals surface area contributed by atoms with Crippen molar-refractivity contribution >= 4 is 9.84 Å². The van der Waals surface area contributed by atoms with Crippen LogP contribution in [0.15, 0.2) is 65.8 Å². The third-order valence-electron chi connectivity index (χ3n) is 4.25. The van der Waals surface area contributed by atoms with E-state index >= 15 is 0 Å². The van der Waals surface area contributed by atoms with Gasteiger partial charge in [0.25, 0.3) is 0 Å². The first-order valence-electron chi connectivity index (χ1n) is 8.79. The minimum Gasteiger partial charge on any atom is -0.392 e. The van der Waals surface area contributed by atoms with Gasteiger partial charge in [-0.25, -0.2) is 13.4 Å². The molecule has 3 rings (SSSR count). The maximum Gasteiger partial charge on any atom is 0.180 e. The Labute approximate surface area is 165 Å². The van der Waals surface area contributed by atoms with E-state index in [2.05, 4.69) is 21.8 Å². The van der Waals surface area contributed by atoms with Crippen LogP contribution in [0.25, 0.3) is 11.3 Å². The summed E-state index contributed by atoms with van der Waals surface area (Å²) in [6.07, 6.45) is 3.18. The molecule has 0 fully saturated rings. The molecule has 1 heterocycles. The van der Waals surface area contributed by atoms with E-state index in [9.17, 15) is 13.5 Å². The van der Waals surface area contributed by atoms with Gasteiger partial charge < -0.3 is 5.11 Å². The molecule has 0 aliphatic rings. The predicted molar refractivity (Wildman–Crippen MR) is 108 cm³/mol. The van der Waals surface area contributed by atoms with E-state index in [1.54, 1.807) is 50.5 Å². The minimum absolute atomic E-state index is 0.0811. The normalized spacial score (nSPS) is 11.1. The third kappa shape index (κ3) is 4.28. The average Bonchev–Trinajstić information content (AvgIpc) is 2.72. The smallest absolute Gasteiger partial charge is 0.180 e. The highest BCUT2D eigenvalue weighted by Crippen LogP contribution is 2.21. The van der Waals surface area contributed by atoms with E-state index in [0.717, 1.165) is 16.7 Å². The molecule has 5 nitrogen and oxygen atoms in total. The number of benzene rings is 2. The van der Waals surface area contributed by atoms with Crippen LogP contribution < -0.4 is 0 Å². The molecular weight excluding hydrogens is 372 g/mol. The quantitative estimate of drug-likeness (QED) is 0.690. The zero-order chi connectivity index (χ0) is 20.1. The number of nitrogens with zero attached hydrogens (tertiary/aromatic N) is 2. The SMILES string of the molecule is CC(C)S(=O)(=O)c1ccc(-c2cncc(C#Cc3ccccc3CO)n2)cc1. The van der Waals surface area contributed by atoms with Gasteiger partial charge in [0.05, 0.1) is 34.8 Å². The Morgan fingerprint density at radius 2 is 1.71 bits per heavy atom. The first-order valence-corrected chi connectivity index (χ1v) is 10.3. The van der Waals surface area contributed by atoms with Crippen LogP contribution in [0.2, 0.25) is 0 Å². The lowest BCUT2D eigenvalue weighted by atomic mass is 10.1. The molecule has 0 aliphatic carbocycles. The van der Waals surface area contributed by atoms with Crippen LogP contribution in [0.1, 0.15) is 30.7 Å². The molecule has 0 radical (unpaired) electrons.